The molecule has 0 aliphatic carbocycles. The Balaban J connectivity index is 1.81. The van der Waals surface area contributed by atoms with E-state index in [4.69, 9.17) is 9.47 Å². The van der Waals surface area contributed by atoms with Gasteiger partial charge in [-0.3, -0.25) is 4.90 Å². The predicted octanol–water partition coefficient (Wildman–Crippen LogP) is 2.33. The van der Waals surface area contributed by atoms with Gasteiger partial charge in [-0.15, -0.1) is 6.58 Å². The molecule has 1 aromatic rings. The number of hydrogen-bond donors (Lipinski definition) is 1. The number of nitrogens with zero attached hydrogens (tertiary/aromatic N) is 1. The first kappa shape index (κ1) is 13.5. The van der Waals surface area contributed by atoms with Crippen LogP contribution in [0.5, 0.6) is 11.5 Å². The van der Waals surface area contributed by atoms with Gasteiger partial charge < -0.3 is 14.8 Å². The van der Waals surface area contributed by atoms with E-state index in [-0.39, 0.29) is 0 Å². The fourth-order valence-electron chi connectivity index (χ4n) is 2.95. The van der Waals surface area contributed by atoms with Gasteiger partial charge in [0.05, 0.1) is 0 Å². The molecule has 0 spiro atoms. The molecule has 0 saturated carbocycles. The zero-order valence-corrected chi connectivity index (χ0v) is 11.8. The minimum absolute atomic E-state index is 0.337. The second-order valence-electron chi connectivity index (χ2n) is 5.28. The van der Waals surface area contributed by atoms with Crippen LogP contribution in [0.15, 0.2) is 30.9 Å². The molecule has 0 bridgehead atoms. The number of rotatable bonds is 5. The Hall–Kier alpha value is -1.52. The van der Waals surface area contributed by atoms with Crippen LogP contribution in [-0.2, 0) is 0 Å². The molecule has 2 heterocycles. The Labute approximate surface area is 120 Å². The highest BCUT2D eigenvalue weighted by molar-refractivity contribution is 5.45. The lowest BCUT2D eigenvalue weighted by molar-refractivity contribution is 0.165. The highest BCUT2D eigenvalue weighted by Crippen LogP contribution is 2.36. The van der Waals surface area contributed by atoms with Gasteiger partial charge in [0.25, 0.3) is 0 Å². The first-order valence-electron chi connectivity index (χ1n) is 7.33. The molecule has 1 N–H and O–H groups in total. The van der Waals surface area contributed by atoms with Gasteiger partial charge in [-0.05, 0) is 30.5 Å². The van der Waals surface area contributed by atoms with Crippen molar-refractivity contribution in [1.82, 2.24) is 10.2 Å². The molecule has 0 amide bonds. The second kappa shape index (κ2) is 6.29. The molecule has 4 heteroatoms. The highest BCUT2D eigenvalue weighted by atomic mass is 16.7. The van der Waals surface area contributed by atoms with Crippen LogP contribution in [0, 0.1) is 0 Å². The average molecular weight is 274 g/mol. The van der Waals surface area contributed by atoms with E-state index < -0.39 is 0 Å². The molecular formula is C16H22N2O2. The zero-order valence-electron chi connectivity index (χ0n) is 11.8. The normalized spacial score (nSPS) is 19.8. The van der Waals surface area contributed by atoms with Gasteiger partial charge in [0, 0.05) is 32.2 Å². The molecule has 0 unspecified atom stereocenters. The number of hydrogen-bond acceptors (Lipinski definition) is 4. The molecule has 1 atom stereocenters. The minimum atomic E-state index is 0.337. The van der Waals surface area contributed by atoms with Crippen molar-refractivity contribution in [2.75, 3.05) is 33.0 Å². The standard InChI is InChI=1S/C16H22N2O2/c1-2-3-4-14(18-9-7-17-8-10-18)13-5-6-15-16(11-13)20-12-19-15/h2,5-6,11,14,17H,1,3-4,7-10,12H2/t14-/m0/s1. The summed E-state index contributed by atoms with van der Waals surface area (Å²) in [5.41, 5.74) is 1.32. The third kappa shape index (κ3) is 2.81. The molecule has 1 saturated heterocycles. The summed E-state index contributed by atoms with van der Waals surface area (Å²) in [6, 6.07) is 6.77. The van der Waals surface area contributed by atoms with Gasteiger partial charge >= 0.3 is 0 Å². The van der Waals surface area contributed by atoms with Crippen LogP contribution in [0.3, 0.4) is 0 Å². The molecule has 4 nitrogen and oxygen atoms in total. The molecule has 3 rings (SSSR count). The Morgan fingerprint density at radius 2 is 2.05 bits per heavy atom. The van der Waals surface area contributed by atoms with Crippen LogP contribution in [-0.4, -0.2) is 37.9 Å². The van der Waals surface area contributed by atoms with Crippen molar-refractivity contribution < 1.29 is 9.47 Å². The van der Waals surface area contributed by atoms with E-state index in [1.165, 1.54) is 5.56 Å². The van der Waals surface area contributed by atoms with Crippen molar-refractivity contribution in [1.29, 1.82) is 0 Å². The van der Waals surface area contributed by atoms with Crippen molar-refractivity contribution in [2.45, 2.75) is 18.9 Å². The van der Waals surface area contributed by atoms with Gasteiger partial charge in [-0.1, -0.05) is 12.1 Å². The summed E-state index contributed by atoms with van der Waals surface area (Å²) in [6.07, 6.45) is 4.13. The van der Waals surface area contributed by atoms with Gasteiger partial charge in [-0.2, -0.15) is 0 Å². The zero-order chi connectivity index (χ0) is 13.8. The summed E-state index contributed by atoms with van der Waals surface area (Å²) in [4.78, 5) is 2.55. The molecule has 0 aromatic heterocycles. The first-order valence-corrected chi connectivity index (χ1v) is 7.33. The maximum absolute atomic E-state index is 5.51. The van der Waals surface area contributed by atoms with E-state index in [0.29, 0.717) is 12.8 Å². The van der Waals surface area contributed by atoms with Crippen LogP contribution in [0.4, 0.5) is 0 Å². The highest BCUT2D eigenvalue weighted by Gasteiger charge is 2.23. The smallest absolute Gasteiger partial charge is 0.231 e. The quantitative estimate of drug-likeness (QED) is 0.836. The minimum Gasteiger partial charge on any atom is -0.454 e. The lowest BCUT2D eigenvalue weighted by Gasteiger charge is -2.35. The van der Waals surface area contributed by atoms with Gasteiger partial charge in [0.15, 0.2) is 11.5 Å². The maximum Gasteiger partial charge on any atom is 0.231 e. The van der Waals surface area contributed by atoms with Crippen molar-refractivity contribution in [3.05, 3.63) is 36.4 Å². The number of allylic oxidation sites excluding steroid dienone is 1. The Bertz CT molecular complexity index is 470. The number of benzene rings is 1. The largest absolute Gasteiger partial charge is 0.454 e. The molecular weight excluding hydrogens is 252 g/mol. The number of piperazine rings is 1. The monoisotopic (exact) mass is 274 g/mol. The fraction of sp³-hybridized carbons (Fsp3) is 0.500. The van der Waals surface area contributed by atoms with E-state index in [1.54, 1.807) is 0 Å². The predicted molar refractivity (Wildman–Crippen MR) is 79.2 cm³/mol. The third-order valence-electron chi connectivity index (χ3n) is 4.02. The molecule has 20 heavy (non-hydrogen) atoms. The summed E-state index contributed by atoms with van der Waals surface area (Å²) in [6.45, 7) is 8.51. The number of ether oxygens (including phenoxy) is 2. The van der Waals surface area contributed by atoms with Gasteiger partial charge in [0.2, 0.25) is 6.79 Å². The van der Waals surface area contributed by atoms with Crippen LogP contribution < -0.4 is 14.8 Å². The molecule has 1 fully saturated rings. The van der Waals surface area contributed by atoms with E-state index in [2.05, 4.69) is 28.9 Å². The van der Waals surface area contributed by atoms with E-state index in [1.807, 2.05) is 12.1 Å². The summed E-state index contributed by atoms with van der Waals surface area (Å²) >= 11 is 0. The number of fused-ring (bicyclic) bond motifs is 1. The Morgan fingerprint density at radius 1 is 1.25 bits per heavy atom. The van der Waals surface area contributed by atoms with Crippen LogP contribution in [0.25, 0.3) is 0 Å². The average Bonchev–Trinajstić information content (AvgIpc) is 2.96. The van der Waals surface area contributed by atoms with Crippen LogP contribution >= 0.6 is 0 Å². The molecule has 1 aromatic carbocycles. The van der Waals surface area contributed by atoms with Crippen LogP contribution in [0.2, 0.25) is 0 Å². The first-order chi connectivity index (χ1) is 9.88. The van der Waals surface area contributed by atoms with Gasteiger partial charge in [-0.25, -0.2) is 0 Å². The summed E-state index contributed by atoms with van der Waals surface area (Å²) < 4.78 is 10.9. The Kier molecular flexibility index (Phi) is 4.23. The third-order valence-corrected chi connectivity index (χ3v) is 4.02. The maximum atomic E-state index is 5.51. The molecule has 108 valence electrons. The van der Waals surface area contributed by atoms with Gasteiger partial charge in [0.1, 0.15) is 0 Å². The van der Waals surface area contributed by atoms with Crippen molar-refractivity contribution in [3.63, 3.8) is 0 Å². The van der Waals surface area contributed by atoms with E-state index >= 15 is 0 Å². The van der Waals surface area contributed by atoms with Crippen LogP contribution in [0.1, 0.15) is 24.4 Å². The second-order valence-corrected chi connectivity index (χ2v) is 5.28. The molecule has 0 radical (unpaired) electrons. The molecule has 2 aliphatic heterocycles. The molecule has 2 aliphatic rings. The summed E-state index contributed by atoms with van der Waals surface area (Å²) in [7, 11) is 0. The topological polar surface area (TPSA) is 33.7 Å². The van der Waals surface area contributed by atoms with Crippen molar-refractivity contribution >= 4 is 0 Å². The summed E-state index contributed by atoms with van der Waals surface area (Å²) in [5.74, 6) is 1.73. The lowest BCUT2D eigenvalue weighted by atomic mass is 9.99. The van der Waals surface area contributed by atoms with Crippen molar-refractivity contribution in [3.8, 4) is 11.5 Å². The lowest BCUT2D eigenvalue weighted by Crippen LogP contribution is -2.45. The van der Waals surface area contributed by atoms with Crippen molar-refractivity contribution in [2.24, 2.45) is 0 Å². The fourth-order valence-corrected chi connectivity index (χ4v) is 2.95. The van der Waals surface area contributed by atoms with E-state index in [0.717, 1.165) is 50.5 Å². The van der Waals surface area contributed by atoms with E-state index in [9.17, 15) is 0 Å². The SMILES string of the molecule is C=CCC[C@@H](c1ccc2c(c1)OCO2)N1CCNCC1. The number of nitrogens with one attached hydrogen (secondary N) is 1. The Morgan fingerprint density at radius 3 is 2.85 bits per heavy atom. The summed E-state index contributed by atoms with van der Waals surface area (Å²) in [5, 5.41) is 3.41.